The second kappa shape index (κ2) is 5.47. The van der Waals surface area contributed by atoms with Crippen molar-refractivity contribution in [2.45, 2.75) is 6.92 Å². The molecule has 13 heavy (non-hydrogen) atoms. The molecule has 0 aromatic rings. The van der Waals surface area contributed by atoms with E-state index in [-0.39, 0.29) is 17.4 Å². The lowest BCUT2D eigenvalue weighted by atomic mass is 10.2. The highest BCUT2D eigenvalue weighted by Gasteiger charge is 2.15. The summed E-state index contributed by atoms with van der Waals surface area (Å²) >= 11 is 4.60. The van der Waals surface area contributed by atoms with Gasteiger partial charge < -0.3 is 15.8 Å². The van der Waals surface area contributed by atoms with Gasteiger partial charge in [0.2, 0.25) is 5.91 Å². The third kappa shape index (κ3) is 4.41. The van der Waals surface area contributed by atoms with Crippen molar-refractivity contribution in [3.63, 3.8) is 0 Å². The highest BCUT2D eigenvalue weighted by Crippen LogP contribution is 1.93. The first-order valence-corrected chi connectivity index (χ1v) is 4.03. The zero-order valence-corrected chi connectivity index (χ0v) is 8.31. The molecule has 0 aliphatic heterocycles. The fourth-order valence-electron chi connectivity index (χ4n) is 0.514. The van der Waals surface area contributed by atoms with Crippen molar-refractivity contribution in [3.8, 4) is 0 Å². The molecular formula is C7H12N2O3S. The minimum absolute atomic E-state index is 0.0994. The van der Waals surface area contributed by atoms with Crippen LogP contribution in [0.3, 0.4) is 0 Å². The van der Waals surface area contributed by atoms with E-state index in [9.17, 15) is 9.59 Å². The van der Waals surface area contributed by atoms with Crippen molar-refractivity contribution in [1.82, 2.24) is 5.32 Å². The second-order valence-corrected chi connectivity index (χ2v) is 2.89. The van der Waals surface area contributed by atoms with Crippen LogP contribution in [-0.2, 0) is 14.3 Å². The molecule has 0 aromatic heterocycles. The van der Waals surface area contributed by atoms with Gasteiger partial charge in [0.1, 0.15) is 6.54 Å². The molecule has 3 N–H and O–H groups in total. The van der Waals surface area contributed by atoms with Gasteiger partial charge in [0.05, 0.1) is 18.0 Å². The number of thiocarbonyl (C=S) groups is 1. The second-order valence-electron chi connectivity index (χ2n) is 2.42. The zero-order chi connectivity index (χ0) is 10.4. The Morgan fingerprint density at radius 2 is 2.15 bits per heavy atom. The van der Waals surface area contributed by atoms with Gasteiger partial charge in [0, 0.05) is 0 Å². The van der Waals surface area contributed by atoms with Gasteiger partial charge in [-0.05, 0) is 6.92 Å². The van der Waals surface area contributed by atoms with E-state index in [1.54, 1.807) is 6.92 Å². The zero-order valence-electron chi connectivity index (χ0n) is 7.49. The molecule has 1 unspecified atom stereocenters. The van der Waals surface area contributed by atoms with Crippen molar-refractivity contribution < 1.29 is 14.3 Å². The first-order chi connectivity index (χ1) is 5.99. The fourth-order valence-corrected chi connectivity index (χ4v) is 0.621. The Bertz CT molecular complexity index is 230. The van der Waals surface area contributed by atoms with Crippen LogP contribution < -0.4 is 11.1 Å². The van der Waals surface area contributed by atoms with Gasteiger partial charge >= 0.3 is 5.97 Å². The summed E-state index contributed by atoms with van der Waals surface area (Å²) < 4.78 is 4.32. The maximum absolute atomic E-state index is 11.1. The summed E-state index contributed by atoms with van der Waals surface area (Å²) in [4.78, 5) is 21.8. The van der Waals surface area contributed by atoms with E-state index in [0.29, 0.717) is 0 Å². The molecule has 0 fully saturated rings. The summed E-state index contributed by atoms with van der Waals surface area (Å²) in [6.45, 7) is 1.40. The summed E-state index contributed by atoms with van der Waals surface area (Å²) in [5.74, 6) is -1.46. The van der Waals surface area contributed by atoms with E-state index >= 15 is 0 Å². The number of hydrogen-bond acceptors (Lipinski definition) is 4. The van der Waals surface area contributed by atoms with Gasteiger partial charge in [-0.15, -0.1) is 0 Å². The van der Waals surface area contributed by atoms with Gasteiger partial charge in [-0.3, -0.25) is 9.59 Å². The number of hydrogen-bond donors (Lipinski definition) is 2. The molecule has 74 valence electrons. The minimum atomic E-state index is -0.570. The lowest BCUT2D eigenvalue weighted by Crippen LogP contribution is -2.38. The standard InChI is InChI=1S/C7H12N2O3S/c1-4(6(8)13)7(11)9-3-5(10)12-2/h4H,3H2,1-2H3,(H2,8,13)(H,9,11). The number of carbonyl (C=O) groups is 2. The number of esters is 1. The monoisotopic (exact) mass is 204 g/mol. The Hall–Kier alpha value is -1.17. The highest BCUT2D eigenvalue weighted by atomic mass is 32.1. The smallest absolute Gasteiger partial charge is 0.325 e. The van der Waals surface area contributed by atoms with E-state index in [1.807, 2.05) is 0 Å². The van der Waals surface area contributed by atoms with E-state index in [0.717, 1.165) is 0 Å². The number of carbonyl (C=O) groups excluding carboxylic acids is 2. The molecule has 0 saturated carbocycles. The highest BCUT2D eigenvalue weighted by molar-refractivity contribution is 7.80. The van der Waals surface area contributed by atoms with Crippen LogP contribution in [0.2, 0.25) is 0 Å². The topological polar surface area (TPSA) is 81.4 Å². The molecule has 0 bridgehead atoms. The quantitative estimate of drug-likeness (QED) is 0.463. The van der Waals surface area contributed by atoms with Crippen LogP contribution in [0.4, 0.5) is 0 Å². The number of rotatable bonds is 4. The largest absolute Gasteiger partial charge is 0.468 e. The van der Waals surface area contributed by atoms with Crippen LogP contribution in [0.15, 0.2) is 0 Å². The summed E-state index contributed by atoms with van der Waals surface area (Å²) in [6.07, 6.45) is 0. The van der Waals surface area contributed by atoms with Crippen LogP contribution in [0.5, 0.6) is 0 Å². The molecule has 0 saturated heterocycles. The summed E-state index contributed by atoms with van der Waals surface area (Å²) in [5.41, 5.74) is 5.23. The van der Waals surface area contributed by atoms with Crippen molar-refractivity contribution in [1.29, 1.82) is 0 Å². The molecule has 0 aliphatic carbocycles. The Balaban J connectivity index is 3.88. The predicted molar refractivity (Wildman–Crippen MR) is 51.0 cm³/mol. The first-order valence-electron chi connectivity index (χ1n) is 3.63. The number of amides is 1. The van der Waals surface area contributed by atoms with Gasteiger partial charge in [0.25, 0.3) is 0 Å². The normalized spacial score (nSPS) is 11.5. The van der Waals surface area contributed by atoms with Gasteiger partial charge in [-0.25, -0.2) is 0 Å². The van der Waals surface area contributed by atoms with E-state index < -0.39 is 11.9 Å². The molecule has 0 heterocycles. The maximum Gasteiger partial charge on any atom is 0.325 e. The lowest BCUT2D eigenvalue weighted by molar-refractivity contribution is -0.141. The third-order valence-electron chi connectivity index (χ3n) is 1.45. The van der Waals surface area contributed by atoms with Crippen molar-refractivity contribution in [3.05, 3.63) is 0 Å². The number of ether oxygens (including phenoxy) is 1. The molecule has 0 aliphatic rings. The van der Waals surface area contributed by atoms with E-state index in [4.69, 9.17) is 5.73 Å². The van der Waals surface area contributed by atoms with Gasteiger partial charge in [-0.2, -0.15) is 0 Å². The van der Waals surface area contributed by atoms with Crippen LogP contribution in [0.25, 0.3) is 0 Å². The summed E-state index contributed by atoms with van der Waals surface area (Å²) in [6, 6.07) is 0. The first kappa shape index (κ1) is 11.8. The van der Waals surface area contributed by atoms with Gasteiger partial charge in [0.15, 0.2) is 0 Å². The Morgan fingerprint density at radius 3 is 2.54 bits per heavy atom. The maximum atomic E-state index is 11.1. The molecule has 6 heteroatoms. The number of methoxy groups -OCH3 is 1. The number of nitrogens with one attached hydrogen (secondary N) is 1. The molecule has 1 atom stereocenters. The molecule has 1 amide bonds. The number of nitrogens with two attached hydrogens (primary N) is 1. The van der Waals surface area contributed by atoms with Crippen LogP contribution in [-0.4, -0.2) is 30.5 Å². The Morgan fingerprint density at radius 1 is 1.62 bits per heavy atom. The van der Waals surface area contributed by atoms with E-state index in [1.165, 1.54) is 7.11 Å². The van der Waals surface area contributed by atoms with E-state index in [2.05, 4.69) is 22.3 Å². The molecule has 0 radical (unpaired) electrons. The van der Waals surface area contributed by atoms with Crippen molar-refractivity contribution in [2.75, 3.05) is 13.7 Å². The van der Waals surface area contributed by atoms with Crippen molar-refractivity contribution >= 4 is 29.1 Å². The van der Waals surface area contributed by atoms with Gasteiger partial charge in [-0.1, -0.05) is 12.2 Å². The Labute approximate surface area is 81.6 Å². The molecule has 0 aromatic carbocycles. The fraction of sp³-hybridized carbons (Fsp3) is 0.571. The SMILES string of the molecule is COC(=O)CNC(=O)C(C)C(N)=S. The summed E-state index contributed by atoms with van der Waals surface area (Å²) in [5, 5.41) is 2.33. The minimum Gasteiger partial charge on any atom is -0.468 e. The molecule has 0 spiro atoms. The summed E-state index contributed by atoms with van der Waals surface area (Å²) in [7, 11) is 1.24. The molecule has 5 nitrogen and oxygen atoms in total. The van der Waals surface area contributed by atoms with Crippen LogP contribution in [0, 0.1) is 5.92 Å². The lowest BCUT2D eigenvalue weighted by Gasteiger charge is -2.08. The van der Waals surface area contributed by atoms with Crippen LogP contribution in [0.1, 0.15) is 6.92 Å². The predicted octanol–water partition coefficient (Wildman–Crippen LogP) is -0.802. The average molecular weight is 204 g/mol. The van der Waals surface area contributed by atoms with Crippen molar-refractivity contribution in [2.24, 2.45) is 11.7 Å². The molecule has 0 rings (SSSR count). The molecular weight excluding hydrogens is 192 g/mol. The van der Waals surface area contributed by atoms with Crippen LogP contribution >= 0.6 is 12.2 Å². The average Bonchev–Trinajstić information content (AvgIpc) is 2.11. The third-order valence-corrected chi connectivity index (χ3v) is 1.81. The Kier molecular flexibility index (Phi) is 4.98.